The molecule has 0 radical (unpaired) electrons. The summed E-state index contributed by atoms with van der Waals surface area (Å²) in [4.78, 5) is 14.8. The zero-order valence-electron chi connectivity index (χ0n) is 14.4. The van der Waals surface area contributed by atoms with E-state index in [4.69, 9.17) is 32.7 Å². The predicted molar refractivity (Wildman–Crippen MR) is 111 cm³/mol. The Kier molecular flexibility index (Phi) is 5.12. The van der Waals surface area contributed by atoms with Gasteiger partial charge in [0.05, 0.1) is 17.7 Å². The van der Waals surface area contributed by atoms with Gasteiger partial charge in [-0.15, -0.1) is 0 Å². The fourth-order valence-corrected chi connectivity index (χ4v) is 4.59. The van der Waals surface area contributed by atoms with E-state index < -0.39 is 0 Å². The molecule has 1 amide bonds. The minimum absolute atomic E-state index is 0.128. The largest absolute Gasteiger partial charge is 0.467 e. The number of halogens is 1. The first-order valence-corrected chi connectivity index (χ1v) is 10.0. The van der Waals surface area contributed by atoms with Gasteiger partial charge in [-0.2, -0.15) is 0 Å². The third-order valence-electron chi connectivity index (χ3n) is 4.47. The lowest BCUT2D eigenvalue weighted by molar-refractivity contribution is -0.122. The van der Waals surface area contributed by atoms with Crippen molar-refractivity contribution in [2.24, 2.45) is 5.92 Å². The van der Waals surface area contributed by atoms with Crippen LogP contribution in [0.25, 0.3) is 6.08 Å². The average Bonchev–Trinajstić information content (AvgIpc) is 3.34. The van der Waals surface area contributed by atoms with E-state index in [-0.39, 0.29) is 17.7 Å². The summed E-state index contributed by atoms with van der Waals surface area (Å²) in [6, 6.07) is 7.42. The van der Waals surface area contributed by atoms with Crippen LogP contribution in [0.5, 0.6) is 0 Å². The number of carbonyl (C=O) groups is 1. The third kappa shape index (κ3) is 3.83. The molecular weight excluding hydrogens is 402 g/mol. The van der Waals surface area contributed by atoms with Crippen molar-refractivity contribution in [1.82, 2.24) is 4.90 Å². The molecule has 4 rings (SSSR count). The first kappa shape index (κ1) is 18.3. The second kappa shape index (κ2) is 7.54. The van der Waals surface area contributed by atoms with Crippen LogP contribution in [0, 0.1) is 5.92 Å². The van der Waals surface area contributed by atoms with E-state index in [2.05, 4.69) is 6.92 Å². The minimum Gasteiger partial charge on any atom is -0.467 e. The van der Waals surface area contributed by atoms with Gasteiger partial charge in [-0.3, -0.25) is 9.69 Å². The topological polar surface area (TPSA) is 46.6 Å². The Morgan fingerprint density at radius 1 is 1.37 bits per heavy atom. The number of amides is 1. The number of hydrogen-bond donors (Lipinski definition) is 0. The van der Waals surface area contributed by atoms with Gasteiger partial charge in [0.1, 0.15) is 21.6 Å². The molecule has 7 heteroatoms. The van der Waals surface area contributed by atoms with E-state index in [1.54, 1.807) is 18.4 Å². The molecule has 1 aliphatic heterocycles. The third-order valence-corrected chi connectivity index (χ3v) is 6.10. The summed E-state index contributed by atoms with van der Waals surface area (Å²) in [6.45, 7) is 2.42. The molecule has 4 nitrogen and oxygen atoms in total. The maximum absolute atomic E-state index is 12.7. The predicted octanol–water partition coefficient (Wildman–Crippen LogP) is 5.69. The van der Waals surface area contributed by atoms with E-state index in [1.807, 2.05) is 36.4 Å². The zero-order valence-corrected chi connectivity index (χ0v) is 16.8. The van der Waals surface area contributed by atoms with Gasteiger partial charge < -0.3 is 8.83 Å². The Labute approximate surface area is 171 Å². The molecule has 0 N–H and O–H groups in total. The van der Waals surface area contributed by atoms with E-state index in [0.29, 0.717) is 27.3 Å². The molecule has 1 fully saturated rings. The zero-order chi connectivity index (χ0) is 19.0. The van der Waals surface area contributed by atoms with Gasteiger partial charge >= 0.3 is 0 Å². The Bertz CT molecular complexity index is 971. The fourth-order valence-electron chi connectivity index (χ4n) is 3.08. The maximum Gasteiger partial charge on any atom is 0.266 e. The van der Waals surface area contributed by atoms with Crippen LogP contribution in [0.4, 0.5) is 0 Å². The van der Waals surface area contributed by atoms with Crippen molar-refractivity contribution in [2.75, 3.05) is 0 Å². The van der Waals surface area contributed by atoms with Crippen LogP contribution in [0.1, 0.15) is 30.1 Å². The first-order chi connectivity index (χ1) is 13.0. The van der Waals surface area contributed by atoms with Crippen molar-refractivity contribution in [3.05, 3.63) is 76.0 Å². The molecule has 1 saturated heterocycles. The normalized spacial score (nSPS) is 24.1. The molecule has 0 bridgehead atoms. The van der Waals surface area contributed by atoms with Crippen molar-refractivity contribution < 1.29 is 13.6 Å². The van der Waals surface area contributed by atoms with Crippen molar-refractivity contribution >= 4 is 51.9 Å². The number of thioether (sulfide) groups is 1. The highest BCUT2D eigenvalue weighted by molar-refractivity contribution is 8.26. The molecule has 27 heavy (non-hydrogen) atoms. The van der Waals surface area contributed by atoms with Gasteiger partial charge in [-0.1, -0.05) is 54.7 Å². The summed E-state index contributed by atoms with van der Waals surface area (Å²) in [7, 11) is 0. The molecular formula is C20H16ClNO3S2. The monoisotopic (exact) mass is 417 g/mol. The van der Waals surface area contributed by atoms with E-state index in [1.165, 1.54) is 16.7 Å². The number of furan rings is 2. The van der Waals surface area contributed by atoms with Gasteiger partial charge in [0.15, 0.2) is 0 Å². The molecule has 2 aromatic rings. The molecule has 1 unspecified atom stereocenters. The first-order valence-electron chi connectivity index (χ1n) is 8.44. The SMILES string of the molecule is C[C@@H]1C=C(Cl)C=CC1c1ccc(/C=C2\SC(=S)N(Cc3ccco3)C2=O)o1. The summed E-state index contributed by atoms with van der Waals surface area (Å²) >= 11 is 12.7. The van der Waals surface area contributed by atoms with Crippen molar-refractivity contribution in [3.63, 3.8) is 0 Å². The second-order valence-corrected chi connectivity index (χ2v) is 8.50. The van der Waals surface area contributed by atoms with Crippen LogP contribution in [-0.2, 0) is 11.3 Å². The van der Waals surface area contributed by atoms with Crippen LogP contribution >= 0.6 is 35.6 Å². The molecule has 2 atom stereocenters. The van der Waals surface area contributed by atoms with E-state index in [9.17, 15) is 4.79 Å². The summed E-state index contributed by atoms with van der Waals surface area (Å²) in [5, 5.41) is 0.741. The van der Waals surface area contributed by atoms with Gasteiger partial charge in [0.2, 0.25) is 0 Å². The molecule has 0 aromatic carbocycles. The van der Waals surface area contributed by atoms with Crippen LogP contribution in [-0.4, -0.2) is 15.1 Å². The number of nitrogens with zero attached hydrogens (tertiary/aromatic N) is 1. The van der Waals surface area contributed by atoms with Crippen LogP contribution < -0.4 is 0 Å². The average molecular weight is 418 g/mol. The molecule has 3 heterocycles. The van der Waals surface area contributed by atoms with Crippen molar-refractivity contribution in [2.45, 2.75) is 19.4 Å². The quantitative estimate of drug-likeness (QED) is 0.472. The Morgan fingerprint density at radius 2 is 2.22 bits per heavy atom. The molecule has 2 aliphatic rings. The highest BCUT2D eigenvalue weighted by Crippen LogP contribution is 2.36. The molecule has 0 spiro atoms. The summed E-state index contributed by atoms with van der Waals surface area (Å²) in [5.74, 6) is 2.40. The molecule has 138 valence electrons. The van der Waals surface area contributed by atoms with Gasteiger partial charge in [0.25, 0.3) is 5.91 Å². The summed E-state index contributed by atoms with van der Waals surface area (Å²) in [6.07, 6.45) is 9.25. The highest BCUT2D eigenvalue weighted by atomic mass is 35.5. The second-order valence-electron chi connectivity index (χ2n) is 6.38. The Morgan fingerprint density at radius 3 is 2.96 bits per heavy atom. The lowest BCUT2D eigenvalue weighted by Gasteiger charge is -2.19. The molecule has 2 aromatic heterocycles. The van der Waals surface area contributed by atoms with Crippen molar-refractivity contribution in [3.8, 4) is 0 Å². The standard InChI is InChI=1S/C20H16ClNO3S2/c1-12-9-13(21)4-6-16(12)17-7-5-14(25-17)10-18-19(23)22(20(26)27-18)11-15-3-2-8-24-15/h2-10,12,16H,11H2,1H3/b18-10-/t12-,16?/m1/s1. The van der Waals surface area contributed by atoms with E-state index >= 15 is 0 Å². The number of hydrogen-bond acceptors (Lipinski definition) is 5. The molecule has 0 saturated carbocycles. The smallest absolute Gasteiger partial charge is 0.266 e. The number of rotatable bonds is 4. The van der Waals surface area contributed by atoms with Gasteiger partial charge in [-0.25, -0.2) is 0 Å². The lowest BCUT2D eigenvalue weighted by Crippen LogP contribution is -2.27. The van der Waals surface area contributed by atoms with E-state index in [0.717, 1.165) is 10.8 Å². The van der Waals surface area contributed by atoms with Crippen LogP contribution in [0.2, 0.25) is 0 Å². The lowest BCUT2D eigenvalue weighted by atomic mass is 9.88. The fraction of sp³-hybridized carbons (Fsp3) is 0.200. The highest BCUT2D eigenvalue weighted by Gasteiger charge is 2.33. The van der Waals surface area contributed by atoms with Crippen LogP contribution in [0.15, 0.2) is 67.5 Å². The summed E-state index contributed by atoms with van der Waals surface area (Å²) < 4.78 is 11.8. The number of carbonyl (C=O) groups excluding carboxylic acids is 1. The minimum atomic E-state index is -0.139. The number of thiocarbonyl (C=S) groups is 1. The number of allylic oxidation sites excluding steroid dienone is 4. The van der Waals surface area contributed by atoms with Crippen molar-refractivity contribution in [1.29, 1.82) is 0 Å². The maximum atomic E-state index is 12.7. The van der Waals surface area contributed by atoms with Crippen LogP contribution in [0.3, 0.4) is 0 Å². The summed E-state index contributed by atoms with van der Waals surface area (Å²) in [5.41, 5.74) is 0. The Balaban J connectivity index is 1.51. The molecule has 1 aliphatic carbocycles. The van der Waals surface area contributed by atoms with Gasteiger partial charge in [-0.05, 0) is 36.3 Å². The van der Waals surface area contributed by atoms with Gasteiger partial charge in [0, 0.05) is 17.0 Å². The Hall–Kier alpha value is -2.02.